The SMILES string of the molecule is Cc1cc(NCCCn2cc[n+](C)c2)ccc1N.Cl.Cl.[Cl-]. The summed E-state index contributed by atoms with van der Waals surface area (Å²) < 4.78 is 4.24. The van der Waals surface area contributed by atoms with Crippen LogP contribution in [-0.4, -0.2) is 11.1 Å². The maximum Gasteiger partial charge on any atom is 0.243 e. The fourth-order valence-electron chi connectivity index (χ4n) is 1.91. The van der Waals surface area contributed by atoms with E-state index in [1.54, 1.807) is 0 Å². The Morgan fingerprint density at radius 1 is 1.29 bits per heavy atom. The molecule has 0 aliphatic rings. The van der Waals surface area contributed by atoms with Crippen molar-refractivity contribution in [3.05, 3.63) is 42.5 Å². The van der Waals surface area contributed by atoms with E-state index in [4.69, 9.17) is 5.73 Å². The van der Waals surface area contributed by atoms with Crippen molar-refractivity contribution in [2.45, 2.75) is 19.9 Å². The molecule has 21 heavy (non-hydrogen) atoms. The molecule has 1 aromatic carbocycles. The van der Waals surface area contributed by atoms with Crippen molar-refractivity contribution in [1.29, 1.82) is 0 Å². The summed E-state index contributed by atoms with van der Waals surface area (Å²) in [5.74, 6) is 0. The summed E-state index contributed by atoms with van der Waals surface area (Å²) >= 11 is 0. The topological polar surface area (TPSA) is 46.9 Å². The zero-order chi connectivity index (χ0) is 13.0. The Labute approximate surface area is 145 Å². The van der Waals surface area contributed by atoms with Gasteiger partial charge in [-0.3, -0.25) is 0 Å². The van der Waals surface area contributed by atoms with Gasteiger partial charge in [0.1, 0.15) is 12.4 Å². The molecule has 4 nitrogen and oxygen atoms in total. The summed E-state index contributed by atoms with van der Waals surface area (Å²) in [6.07, 6.45) is 7.33. The standard InChI is InChI=1S/C14H21N4.3ClH/c1-12-10-13(4-5-14(12)15)16-6-3-7-18-9-8-17(2)11-18;;;/h4-5,8-11,16H,3,6-7,15H2,1-2H3;3*1H/q+1;;;/p-1. The maximum absolute atomic E-state index is 5.79. The molecule has 3 N–H and O–H groups in total. The van der Waals surface area contributed by atoms with Gasteiger partial charge >= 0.3 is 0 Å². The number of nitrogens with two attached hydrogens (primary N) is 1. The van der Waals surface area contributed by atoms with E-state index in [1.807, 2.05) is 26.1 Å². The molecule has 0 radical (unpaired) electrons. The number of anilines is 2. The normalized spacial score (nSPS) is 9.05. The lowest BCUT2D eigenvalue weighted by molar-refractivity contribution is -0.671. The summed E-state index contributed by atoms with van der Waals surface area (Å²) in [6, 6.07) is 6.06. The quantitative estimate of drug-likeness (QED) is 0.435. The molecule has 0 amide bonds. The lowest BCUT2D eigenvalue weighted by Gasteiger charge is -2.07. The van der Waals surface area contributed by atoms with Crippen molar-refractivity contribution in [1.82, 2.24) is 4.57 Å². The fraction of sp³-hybridized carbons (Fsp3) is 0.357. The van der Waals surface area contributed by atoms with Crippen LogP contribution in [0.5, 0.6) is 0 Å². The van der Waals surface area contributed by atoms with Crippen LogP contribution in [0, 0.1) is 6.92 Å². The van der Waals surface area contributed by atoms with Gasteiger partial charge in [0.2, 0.25) is 6.33 Å². The third-order valence-corrected chi connectivity index (χ3v) is 3.02. The minimum Gasteiger partial charge on any atom is -1.00 e. The smallest absolute Gasteiger partial charge is 0.243 e. The van der Waals surface area contributed by atoms with Gasteiger partial charge in [-0.1, -0.05) is 0 Å². The van der Waals surface area contributed by atoms with Gasteiger partial charge in [-0.15, -0.1) is 24.8 Å². The van der Waals surface area contributed by atoms with Gasteiger partial charge in [0.15, 0.2) is 0 Å². The third-order valence-electron chi connectivity index (χ3n) is 3.02. The molecule has 2 aromatic rings. The first-order chi connectivity index (χ1) is 8.65. The molecule has 0 aliphatic carbocycles. The number of nitrogen functional groups attached to an aromatic ring is 1. The van der Waals surface area contributed by atoms with E-state index in [0.717, 1.165) is 36.4 Å². The minimum absolute atomic E-state index is 0. The second-order valence-corrected chi connectivity index (χ2v) is 4.67. The van der Waals surface area contributed by atoms with Crippen molar-refractivity contribution >= 4 is 36.2 Å². The summed E-state index contributed by atoms with van der Waals surface area (Å²) in [5.41, 5.74) is 8.90. The van der Waals surface area contributed by atoms with Gasteiger partial charge < -0.3 is 23.5 Å². The van der Waals surface area contributed by atoms with Crippen LogP contribution >= 0.6 is 24.8 Å². The highest BCUT2D eigenvalue weighted by atomic mass is 35.5. The molecule has 0 unspecified atom stereocenters. The average Bonchev–Trinajstić information content (AvgIpc) is 2.75. The third kappa shape index (κ3) is 6.93. The number of aromatic nitrogens is 2. The molecule has 0 saturated heterocycles. The van der Waals surface area contributed by atoms with Gasteiger partial charge in [-0.2, -0.15) is 0 Å². The Kier molecular flexibility index (Phi) is 11.2. The summed E-state index contributed by atoms with van der Waals surface area (Å²) in [4.78, 5) is 0. The molecular weight excluding hydrogens is 331 g/mol. The number of rotatable bonds is 5. The lowest BCUT2D eigenvalue weighted by Crippen LogP contribution is -3.00. The van der Waals surface area contributed by atoms with Gasteiger partial charge in [-0.25, -0.2) is 9.13 Å². The molecule has 0 fully saturated rings. The molecule has 120 valence electrons. The van der Waals surface area contributed by atoms with Crippen LogP contribution < -0.4 is 28.0 Å². The summed E-state index contributed by atoms with van der Waals surface area (Å²) in [7, 11) is 2.03. The Morgan fingerprint density at radius 2 is 2.00 bits per heavy atom. The molecule has 0 aliphatic heterocycles. The number of hydrogen-bond acceptors (Lipinski definition) is 2. The van der Waals surface area contributed by atoms with Crippen LogP contribution in [0.4, 0.5) is 11.4 Å². The fourth-order valence-corrected chi connectivity index (χ4v) is 1.91. The molecule has 0 atom stereocenters. The highest BCUT2D eigenvalue weighted by Gasteiger charge is 2.00. The minimum atomic E-state index is 0. The zero-order valence-electron chi connectivity index (χ0n) is 12.3. The first-order valence-electron chi connectivity index (χ1n) is 6.26. The largest absolute Gasteiger partial charge is 1.00 e. The second-order valence-electron chi connectivity index (χ2n) is 4.67. The molecule has 0 spiro atoms. The summed E-state index contributed by atoms with van der Waals surface area (Å²) in [5, 5.41) is 3.41. The van der Waals surface area contributed by atoms with Crippen LogP contribution in [-0.2, 0) is 13.6 Å². The Balaban J connectivity index is 0. The average molecular weight is 354 g/mol. The second kappa shape index (κ2) is 10.6. The Bertz CT molecular complexity index is 529. The number of nitrogens with one attached hydrogen (secondary N) is 1. The van der Waals surface area contributed by atoms with E-state index in [9.17, 15) is 0 Å². The maximum atomic E-state index is 5.79. The molecule has 1 heterocycles. The Morgan fingerprint density at radius 3 is 2.57 bits per heavy atom. The van der Waals surface area contributed by atoms with Crippen molar-refractivity contribution in [2.75, 3.05) is 17.6 Å². The van der Waals surface area contributed by atoms with E-state index in [-0.39, 0.29) is 37.2 Å². The molecular formula is C14H23Cl3N4. The molecule has 1 aromatic heterocycles. The highest BCUT2D eigenvalue weighted by molar-refractivity contribution is 5.85. The lowest BCUT2D eigenvalue weighted by atomic mass is 10.2. The highest BCUT2D eigenvalue weighted by Crippen LogP contribution is 2.16. The van der Waals surface area contributed by atoms with Crippen molar-refractivity contribution in [2.24, 2.45) is 7.05 Å². The molecule has 7 heteroatoms. The molecule has 2 rings (SSSR count). The van der Waals surface area contributed by atoms with Crippen molar-refractivity contribution in [3.63, 3.8) is 0 Å². The van der Waals surface area contributed by atoms with E-state index in [0.29, 0.717) is 0 Å². The van der Waals surface area contributed by atoms with Crippen LogP contribution in [0.3, 0.4) is 0 Å². The van der Waals surface area contributed by atoms with Gasteiger partial charge in [0, 0.05) is 24.3 Å². The van der Waals surface area contributed by atoms with Gasteiger partial charge in [0.05, 0.1) is 13.6 Å². The van der Waals surface area contributed by atoms with E-state index >= 15 is 0 Å². The predicted molar refractivity (Wildman–Crippen MR) is 88.8 cm³/mol. The van der Waals surface area contributed by atoms with Crippen LogP contribution in [0.2, 0.25) is 0 Å². The summed E-state index contributed by atoms with van der Waals surface area (Å²) in [6.45, 7) is 4.02. The first kappa shape index (κ1) is 22.2. The molecule has 0 saturated carbocycles. The number of benzene rings is 1. The molecule has 0 bridgehead atoms. The van der Waals surface area contributed by atoms with Gasteiger partial charge in [-0.05, 0) is 30.7 Å². The van der Waals surface area contributed by atoms with Crippen molar-refractivity contribution < 1.29 is 17.0 Å². The number of imidazole rings is 1. The van der Waals surface area contributed by atoms with Gasteiger partial charge in [0.25, 0.3) is 0 Å². The number of aryl methyl sites for hydroxylation is 3. The predicted octanol–water partition coefficient (Wildman–Crippen LogP) is -0.447. The van der Waals surface area contributed by atoms with E-state index < -0.39 is 0 Å². The van der Waals surface area contributed by atoms with Crippen molar-refractivity contribution in [3.8, 4) is 0 Å². The Hall–Kier alpha value is -1.10. The zero-order valence-corrected chi connectivity index (χ0v) is 14.6. The van der Waals surface area contributed by atoms with E-state index in [2.05, 4.69) is 39.2 Å². The van der Waals surface area contributed by atoms with Crippen LogP contribution in [0.1, 0.15) is 12.0 Å². The number of halogens is 3. The monoisotopic (exact) mass is 352 g/mol. The first-order valence-corrected chi connectivity index (χ1v) is 6.26. The van der Waals surface area contributed by atoms with Crippen LogP contribution in [0.25, 0.3) is 0 Å². The van der Waals surface area contributed by atoms with E-state index in [1.165, 1.54) is 0 Å². The number of nitrogens with zero attached hydrogens (tertiary/aromatic N) is 2. The number of hydrogen-bond donors (Lipinski definition) is 2. The van der Waals surface area contributed by atoms with Crippen LogP contribution in [0.15, 0.2) is 36.9 Å².